The Morgan fingerprint density at radius 1 is 1.00 bits per heavy atom. The minimum Gasteiger partial charge on any atom is -0.400 e. The number of hydrogen-bond donors (Lipinski definition) is 0. The van der Waals surface area contributed by atoms with E-state index in [4.69, 9.17) is 37.0 Å². The zero-order valence-electron chi connectivity index (χ0n) is 13.3. The molecule has 0 unspecified atom stereocenters. The van der Waals surface area contributed by atoms with Gasteiger partial charge in [0.15, 0.2) is 5.58 Å². The summed E-state index contributed by atoms with van der Waals surface area (Å²) in [7, 11) is 0. The Morgan fingerprint density at radius 3 is 2.50 bits per heavy atom. The number of benzene rings is 2. The van der Waals surface area contributed by atoms with Crippen LogP contribution >= 0.6 is 23.2 Å². The number of nitrogens with zero attached hydrogens (tertiary/aromatic N) is 2. The second kappa shape index (κ2) is 6.48. The van der Waals surface area contributed by atoms with E-state index >= 15 is 0 Å². The number of rotatable bonds is 3. The Balaban J connectivity index is 1.77. The molecule has 0 aliphatic heterocycles. The van der Waals surface area contributed by atoms with Crippen LogP contribution in [0.3, 0.4) is 0 Å². The number of aromatic nitrogens is 2. The van der Waals surface area contributed by atoms with E-state index in [1.807, 2.05) is 0 Å². The molecule has 0 bridgehead atoms. The number of esters is 1. The minimum atomic E-state index is -0.700. The fourth-order valence-electron chi connectivity index (χ4n) is 2.58. The van der Waals surface area contributed by atoms with E-state index in [-0.39, 0.29) is 22.9 Å². The van der Waals surface area contributed by atoms with E-state index in [0.717, 1.165) is 0 Å². The average molecular weight is 389 g/mol. The third kappa shape index (κ3) is 2.73. The summed E-state index contributed by atoms with van der Waals surface area (Å²) in [6, 6.07) is 12.0. The number of ether oxygens (including phenoxy) is 1. The van der Waals surface area contributed by atoms with Crippen molar-refractivity contribution < 1.29 is 18.6 Å². The Bertz CT molecular complexity index is 1110. The Morgan fingerprint density at radius 2 is 1.73 bits per heavy atom. The van der Waals surface area contributed by atoms with Gasteiger partial charge in [-0.2, -0.15) is 0 Å². The van der Waals surface area contributed by atoms with Gasteiger partial charge in [0.25, 0.3) is 5.88 Å². The van der Waals surface area contributed by atoms with Crippen LogP contribution in [0.25, 0.3) is 22.2 Å². The first-order valence-corrected chi connectivity index (χ1v) is 8.29. The summed E-state index contributed by atoms with van der Waals surface area (Å²) in [6.07, 6.45) is 0. The molecule has 0 atom stereocenters. The van der Waals surface area contributed by atoms with E-state index in [1.165, 1.54) is 0 Å². The lowest BCUT2D eigenvalue weighted by molar-refractivity contribution is 0.0722. The van der Waals surface area contributed by atoms with Gasteiger partial charge in [0.05, 0.1) is 15.4 Å². The molecule has 8 heteroatoms. The average Bonchev–Trinajstić information content (AvgIpc) is 3.19. The molecule has 26 heavy (non-hydrogen) atoms. The molecule has 0 fully saturated rings. The number of halogens is 2. The van der Waals surface area contributed by atoms with Crippen molar-refractivity contribution in [3.8, 4) is 17.1 Å². The van der Waals surface area contributed by atoms with Crippen LogP contribution in [0.5, 0.6) is 5.88 Å². The molecule has 0 spiro atoms. The summed E-state index contributed by atoms with van der Waals surface area (Å²) >= 11 is 12.5. The number of fused-ring (bicyclic) bond motifs is 1. The number of hydrogen-bond acceptors (Lipinski definition) is 6. The molecule has 4 aromatic rings. The quantitative estimate of drug-likeness (QED) is 0.442. The highest BCUT2D eigenvalue weighted by Gasteiger charge is 2.27. The Hall–Kier alpha value is -2.83. The molecule has 2 aromatic carbocycles. The van der Waals surface area contributed by atoms with Gasteiger partial charge in [0.2, 0.25) is 0 Å². The summed E-state index contributed by atoms with van der Waals surface area (Å²) in [4.78, 5) is 12.8. The van der Waals surface area contributed by atoms with Crippen molar-refractivity contribution in [2.75, 3.05) is 0 Å². The van der Waals surface area contributed by atoms with E-state index in [9.17, 15) is 4.79 Å². The second-order valence-electron chi connectivity index (χ2n) is 5.43. The number of para-hydroxylation sites is 1. The third-order valence-corrected chi connectivity index (χ3v) is 4.43. The molecular weight excluding hydrogens is 379 g/mol. The highest BCUT2D eigenvalue weighted by molar-refractivity contribution is 6.39. The maximum Gasteiger partial charge on any atom is 0.350 e. The Labute approximate surface area is 157 Å². The maximum absolute atomic E-state index is 12.8. The summed E-state index contributed by atoms with van der Waals surface area (Å²) in [5, 5.41) is 8.98. The zero-order valence-corrected chi connectivity index (χ0v) is 14.8. The van der Waals surface area contributed by atoms with Gasteiger partial charge in [-0.05, 0) is 36.3 Å². The predicted molar refractivity (Wildman–Crippen MR) is 95.7 cm³/mol. The maximum atomic E-state index is 12.8. The molecule has 2 aromatic heterocycles. The van der Waals surface area contributed by atoms with E-state index < -0.39 is 5.97 Å². The summed E-state index contributed by atoms with van der Waals surface area (Å²) in [5.74, 6) is -0.370. The van der Waals surface area contributed by atoms with Crippen molar-refractivity contribution in [3.63, 3.8) is 0 Å². The largest absolute Gasteiger partial charge is 0.400 e. The number of carbonyl (C=O) groups excluding carboxylic acids is 1. The molecule has 0 saturated heterocycles. The molecular formula is C18H10Cl2N2O4. The summed E-state index contributed by atoms with van der Waals surface area (Å²) in [6.45, 7) is 1.60. The van der Waals surface area contributed by atoms with Gasteiger partial charge in [0, 0.05) is 5.56 Å². The van der Waals surface area contributed by atoms with E-state index in [2.05, 4.69) is 10.3 Å². The van der Waals surface area contributed by atoms with Crippen LogP contribution in [-0.2, 0) is 0 Å². The van der Waals surface area contributed by atoms with Crippen LogP contribution < -0.4 is 4.74 Å². The van der Waals surface area contributed by atoms with Gasteiger partial charge in [-0.15, -0.1) is 0 Å². The van der Waals surface area contributed by atoms with Gasteiger partial charge in [-0.1, -0.05) is 46.6 Å². The topological polar surface area (TPSA) is 78.4 Å². The van der Waals surface area contributed by atoms with Crippen molar-refractivity contribution in [2.45, 2.75) is 6.92 Å². The lowest BCUT2D eigenvalue weighted by Gasteiger charge is -2.06. The van der Waals surface area contributed by atoms with E-state index in [0.29, 0.717) is 26.6 Å². The monoisotopic (exact) mass is 388 g/mol. The highest BCUT2D eigenvalue weighted by Crippen LogP contribution is 2.37. The van der Waals surface area contributed by atoms with Crippen LogP contribution in [0.4, 0.5) is 0 Å². The van der Waals surface area contributed by atoms with E-state index in [1.54, 1.807) is 49.4 Å². The molecule has 0 N–H and O–H groups in total. The molecule has 0 saturated carbocycles. The van der Waals surface area contributed by atoms with Gasteiger partial charge in [-0.3, -0.25) is 0 Å². The van der Waals surface area contributed by atoms with Crippen molar-refractivity contribution in [3.05, 3.63) is 63.8 Å². The van der Waals surface area contributed by atoms with Gasteiger partial charge < -0.3 is 13.8 Å². The van der Waals surface area contributed by atoms with Crippen LogP contribution in [0, 0.1) is 6.92 Å². The molecule has 130 valence electrons. The molecule has 4 rings (SSSR count). The van der Waals surface area contributed by atoms with Crippen LogP contribution in [0.15, 0.2) is 51.5 Å². The third-order valence-electron chi connectivity index (χ3n) is 3.80. The van der Waals surface area contributed by atoms with Crippen molar-refractivity contribution in [1.82, 2.24) is 10.3 Å². The number of carbonyl (C=O) groups is 1. The van der Waals surface area contributed by atoms with Crippen LogP contribution in [0.2, 0.25) is 10.0 Å². The smallest absolute Gasteiger partial charge is 0.350 e. The lowest BCUT2D eigenvalue weighted by Crippen LogP contribution is -2.11. The molecule has 6 nitrogen and oxygen atoms in total. The van der Waals surface area contributed by atoms with Gasteiger partial charge in [0.1, 0.15) is 17.0 Å². The first-order valence-electron chi connectivity index (χ1n) is 7.53. The van der Waals surface area contributed by atoms with Crippen molar-refractivity contribution >= 4 is 40.1 Å². The fourth-order valence-corrected chi connectivity index (χ4v) is 3.16. The second-order valence-corrected chi connectivity index (χ2v) is 6.25. The molecule has 0 radical (unpaired) electrons. The fraction of sp³-hybridized carbons (Fsp3) is 0.0556. The summed E-state index contributed by atoms with van der Waals surface area (Å²) in [5.41, 5.74) is 1.22. The molecule has 0 amide bonds. The number of aryl methyl sites for hydroxylation is 1. The first kappa shape index (κ1) is 16.6. The first-order chi connectivity index (χ1) is 12.6. The summed E-state index contributed by atoms with van der Waals surface area (Å²) < 4.78 is 15.7. The zero-order chi connectivity index (χ0) is 18.3. The van der Waals surface area contributed by atoms with Crippen LogP contribution in [-0.4, -0.2) is 16.3 Å². The minimum absolute atomic E-state index is 0.0578. The van der Waals surface area contributed by atoms with Gasteiger partial charge >= 0.3 is 5.97 Å². The Kier molecular flexibility index (Phi) is 4.14. The normalized spacial score (nSPS) is 11.0. The van der Waals surface area contributed by atoms with Crippen molar-refractivity contribution in [2.24, 2.45) is 0 Å². The SMILES string of the molecule is Cc1onc(-c2c(Cl)cccc2Cl)c1C(=O)Oc1noc2ccccc12. The van der Waals surface area contributed by atoms with Crippen LogP contribution in [0.1, 0.15) is 16.1 Å². The standard InChI is InChI=1S/C18H10Cl2N2O4/c1-9-14(16(21-25-9)15-11(19)6-4-7-12(15)20)18(23)24-17-10-5-2-3-8-13(10)26-22-17/h2-8H,1H3. The van der Waals surface area contributed by atoms with Gasteiger partial charge in [-0.25, -0.2) is 4.79 Å². The predicted octanol–water partition coefficient (Wildman–Crippen LogP) is 5.32. The molecule has 0 aliphatic carbocycles. The lowest BCUT2D eigenvalue weighted by atomic mass is 10.1. The molecule has 0 aliphatic rings. The van der Waals surface area contributed by atoms with Crippen molar-refractivity contribution in [1.29, 1.82) is 0 Å². The highest BCUT2D eigenvalue weighted by atomic mass is 35.5. The molecule has 2 heterocycles.